The number of hydrogen-bond acceptors (Lipinski definition) is 4. The Hall–Kier alpha value is -5.84. The first-order valence-electron chi connectivity index (χ1n) is 16.3. The number of nitrogens with one attached hydrogen (secondary N) is 3. The minimum Gasteiger partial charge on any atom is -0.366 e. The fraction of sp³-hybridized carbons (Fsp3) is 0.0698. The highest BCUT2D eigenvalue weighted by atomic mass is 15.3. The van der Waals surface area contributed by atoms with Crippen LogP contribution in [0.15, 0.2) is 170 Å². The van der Waals surface area contributed by atoms with E-state index in [-0.39, 0.29) is 18.4 Å². The average molecular weight is 607 g/mol. The van der Waals surface area contributed by atoms with Crippen LogP contribution >= 0.6 is 0 Å². The highest BCUT2D eigenvalue weighted by Crippen LogP contribution is 2.50. The molecule has 0 bridgehead atoms. The van der Waals surface area contributed by atoms with Crippen molar-refractivity contribution in [3.63, 3.8) is 0 Å². The Labute approximate surface area is 275 Å². The van der Waals surface area contributed by atoms with Crippen LogP contribution in [-0.4, -0.2) is 0 Å². The lowest BCUT2D eigenvalue weighted by molar-refractivity contribution is 0.443. The van der Waals surface area contributed by atoms with Crippen LogP contribution in [0.2, 0.25) is 0 Å². The molecule has 2 heterocycles. The maximum absolute atomic E-state index is 3.98. The molecule has 0 saturated heterocycles. The van der Waals surface area contributed by atoms with Gasteiger partial charge in [-0.15, -0.1) is 0 Å². The van der Waals surface area contributed by atoms with Crippen molar-refractivity contribution in [2.75, 3.05) is 10.2 Å². The van der Waals surface area contributed by atoms with E-state index in [0.717, 1.165) is 11.4 Å². The van der Waals surface area contributed by atoms with Gasteiger partial charge >= 0.3 is 0 Å². The average Bonchev–Trinajstić information content (AvgIpc) is 3.56. The monoisotopic (exact) mass is 606 g/mol. The Morgan fingerprint density at radius 2 is 1.13 bits per heavy atom. The van der Waals surface area contributed by atoms with Gasteiger partial charge in [-0.1, -0.05) is 140 Å². The third-order valence-electron chi connectivity index (χ3n) is 9.51. The molecule has 9 rings (SSSR count). The van der Waals surface area contributed by atoms with E-state index in [2.05, 4.69) is 191 Å². The van der Waals surface area contributed by atoms with Crippen molar-refractivity contribution in [2.24, 2.45) is 0 Å². The molecule has 47 heavy (non-hydrogen) atoms. The number of fused-ring (bicyclic) bond motifs is 5. The van der Waals surface area contributed by atoms with Crippen molar-refractivity contribution in [1.29, 1.82) is 0 Å². The van der Waals surface area contributed by atoms with Crippen molar-refractivity contribution >= 4 is 44.3 Å². The summed E-state index contributed by atoms with van der Waals surface area (Å²) in [5, 5.41) is 16.6. The fourth-order valence-corrected chi connectivity index (χ4v) is 7.23. The molecule has 3 atom stereocenters. The predicted octanol–water partition coefficient (Wildman–Crippen LogP) is 10.2. The Kier molecular flexibility index (Phi) is 6.72. The summed E-state index contributed by atoms with van der Waals surface area (Å²) in [6.07, 6.45) is 2.20. The smallest absolute Gasteiger partial charge is 0.130 e. The van der Waals surface area contributed by atoms with Crippen LogP contribution in [0.3, 0.4) is 0 Å². The summed E-state index contributed by atoms with van der Waals surface area (Å²) in [4.78, 5) is 2.43. The van der Waals surface area contributed by atoms with Crippen LogP contribution < -0.4 is 20.9 Å². The maximum Gasteiger partial charge on any atom is 0.130 e. The molecule has 226 valence electrons. The molecule has 7 aromatic rings. The predicted molar refractivity (Wildman–Crippen MR) is 195 cm³/mol. The highest BCUT2D eigenvalue weighted by Gasteiger charge is 2.33. The van der Waals surface area contributed by atoms with E-state index in [9.17, 15) is 0 Å². The Morgan fingerprint density at radius 3 is 1.87 bits per heavy atom. The molecule has 2 aliphatic rings. The Morgan fingerprint density at radius 1 is 0.511 bits per heavy atom. The number of rotatable bonds is 5. The first-order valence-corrected chi connectivity index (χ1v) is 16.3. The largest absolute Gasteiger partial charge is 0.366 e. The molecule has 7 aromatic carbocycles. The van der Waals surface area contributed by atoms with Gasteiger partial charge in [-0.2, -0.15) is 0 Å². The quantitative estimate of drug-likeness (QED) is 0.171. The van der Waals surface area contributed by atoms with Gasteiger partial charge in [0.1, 0.15) is 12.3 Å². The highest BCUT2D eigenvalue weighted by molar-refractivity contribution is 6.17. The lowest BCUT2D eigenvalue weighted by atomic mass is 9.95. The first kappa shape index (κ1) is 27.5. The molecular formula is C43H34N4. The third kappa shape index (κ3) is 4.91. The molecule has 3 unspecified atom stereocenters. The lowest BCUT2D eigenvalue weighted by Crippen LogP contribution is -2.39. The zero-order valence-electron chi connectivity index (χ0n) is 25.8. The van der Waals surface area contributed by atoms with Gasteiger partial charge in [-0.05, 0) is 68.8 Å². The van der Waals surface area contributed by atoms with Crippen molar-refractivity contribution in [2.45, 2.75) is 18.4 Å². The van der Waals surface area contributed by atoms with Crippen LogP contribution in [0.4, 0.5) is 17.1 Å². The van der Waals surface area contributed by atoms with Gasteiger partial charge in [0.25, 0.3) is 0 Å². The van der Waals surface area contributed by atoms with Crippen LogP contribution in [0.1, 0.15) is 40.6 Å². The minimum absolute atomic E-state index is 0.0236. The molecule has 0 fully saturated rings. The number of hydrogen-bond donors (Lipinski definition) is 3. The molecule has 0 saturated carbocycles. The van der Waals surface area contributed by atoms with Crippen LogP contribution in [0.5, 0.6) is 0 Å². The minimum atomic E-state index is -0.0809. The van der Waals surface area contributed by atoms with Crippen molar-refractivity contribution < 1.29 is 0 Å². The topological polar surface area (TPSA) is 39.3 Å². The summed E-state index contributed by atoms with van der Waals surface area (Å²) in [5.74, 6) is 0. The lowest BCUT2D eigenvalue weighted by Gasteiger charge is -2.33. The second-order valence-corrected chi connectivity index (χ2v) is 12.3. The molecule has 0 aromatic heterocycles. The summed E-state index contributed by atoms with van der Waals surface area (Å²) < 4.78 is 0. The molecule has 2 aliphatic heterocycles. The van der Waals surface area contributed by atoms with Gasteiger partial charge < -0.3 is 15.5 Å². The Balaban J connectivity index is 1.19. The van der Waals surface area contributed by atoms with E-state index in [1.165, 1.54) is 55.2 Å². The van der Waals surface area contributed by atoms with E-state index in [1.807, 2.05) is 0 Å². The fourth-order valence-electron chi connectivity index (χ4n) is 7.23. The second kappa shape index (κ2) is 11.5. The van der Waals surface area contributed by atoms with Gasteiger partial charge in [0.2, 0.25) is 0 Å². The zero-order chi connectivity index (χ0) is 31.2. The van der Waals surface area contributed by atoms with Gasteiger partial charge in [-0.25, -0.2) is 0 Å². The molecule has 4 nitrogen and oxygen atoms in total. The van der Waals surface area contributed by atoms with Crippen molar-refractivity contribution in [3.05, 3.63) is 192 Å². The molecule has 0 amide bonds. The molecular weight excluding hydrogens is 573 g/mol. The normalized spacial score (nSPS) is 18.8. The van der Waals surface area contributed by atoms with Crippen LogP contribution in [0.25, 0.3) is 27.2 Å². The van der Waals surface area contributed by atoms with E-state index in [0.29, 0.717) is 0 Å². The summed E-state index contributed by atoms with van der Waals surface area (Å²) in [7, 11) is 0. The van der Waals surface area contributed by atoms with E-state index < -0.39 is 0 Å². The summed E-state index contributed by atoms with van der Waals surface area (Å²) >= 11 is 0. The summed E-state index contributed by atoms with van der Waals surface area (Å²) in [6, 6.07) is 58.7. The molecule has 0 aliphatic carbocycles. The number of nitrogens with zero attached hydrogens (tertiary/aromatic N) is 1. The summed E-state index contributed by atoms with van der Waals surface area (Å²) in [5.41, 5.74) is 9.49. The zero-order valence-corrected chi connectivity index (χ0v) is 25.8. The number of para-hydroxylation sites is 1. The molecule has 4 heteroatoms. The molecule has 3 N–H and O–H groups in total. The first-order chi connectivity index (χ1) is 23.3. The second-order valence-electron chi connectivity index (χ2n) is 12.3. The van der Waals surface area contributed by atoms with Gasteiger partial charge in [0.05, 0.1) is 17.4 Å². The number of anilines is 3. The van der Waals surface area contributed by atoms with Crippen LogP contribution in [-0.2, 0) is 0 Å². The number of benzene rings is 7. The van der Waals surface area contributed by atoms with Gasteiger partial charge in [-0.3, -0.25) is 5.32 Å². The Bertz CT molecular complexity index is 2230. The van der Waals surface area contributed by atoms with Gasteiger partial charge in [0.15, 0.2) is 0 Å². The van der Waals surface area contributed by atoms with Crippen molar-refractivity contribution in [1.82, 2.24) is 10.6 Å². The molecule has 0 radical (unpaired) electrons. The van der Waals surface area contributed by atoms with Crippen molar-refractivity contribution in [3.8, 4) is 0 Å². The van der Waals surface area contributed by atoms with E-state index in [4.69, 9.17) is 0 Å². The van der Waals surface area contributed by atoms with E-state index in [1.54, 1.807) is 0 Å². The standard InChI is InChI=1S/C43H34N4/c1-5-13-30(14-6-1)37-28-38(31-15-7-2-8-16-31)45-42(44-37)34-24-22-29-21-23-32-25-26-39-41(40(32)36(29)27-34)46-43(33-17-9-3-10-18-33)47(39)35-19-11-4-12-20-35/h1-28,37,42-46H. The maximum atomic E-state index is 3.98. The van der Waals surface area contributed by atoms with E-state index >= 15 is 0 Å². The summed E-state index contributed by atoms with van der Waals surface area (Å²) in [6.45, 7) is 0. The van der Waals surface area contributed by atoms with Gasteiger partial charge in [0, 0.05) is 16.8 Å². The SMILES string of the molecule is C1=C(c2ccccc2)NC(c2ccc3ccc4ccc5c(c4c3c2)NC(c2ccccc2)N5c2ccccc2)NC1c1ccccc1. The molecule has 0 spiro atoms. The third-order valence-corrected chi connectivity index (χ3v) is 9.51. The van der Waals surface area contributed by atoms with Crippen LogP contribution in [0, 0.1) is 0 Å².